The number of aromatic nitrogens is 2. The molecule has 10 heteroatoms. The summed E-state index contributed by atoms with van der Waals surface area (Å²) in [6, 6.07) is 3.50. The summed E-state index contributed by atoms with van der Waals surface area (Å²) in [6.45, 7) is 7.10. The zero-order chi connectivity index (χ0) is 22.5. The highest BCUT2D eigenvalue weighted by molar-refractivity contribution is 5.97. The maximum absolute atomic E-state index is 14.0. The van der Waals surface area contributed by atoms with Crippen LogP contribution in [-0.2, 0) is 0 Å². The Morgan fingerprint density at radius 2 is 2.16 bits per heavy atom. The van der Waals surface area contributed by atoms with E-state index in [0.29, 0.717) is 37.6 Å². The Morgan fingerprint density at radius 1 is 1.39 bits per heavy atom. The number of rotatable bonds is 7. The van der Waals surface area contributed by atoms with Crippen LogP contribution in [0.5, 0.6) is 11.5 Å². The van der Waals surface area contributed by atoms with Crippen molar-refractivity contribution in [2.24, 2.45) is 0 Å². The maximum Gasteiger partial charge on any atom is 0.404 e. The van der Waals surface area contributed by atoms with Crippen molar-refractivity contribution in [2.75, 3.05) is 24.5 Å². The Hall–Kier alpha value is -3.43. The number of hydrogen-bond donors (Lipinski definition) is 2. The third-order valence-corrected chi connectivity index (χ3v) is 5.09. The molecule has 1 fully saturated rings. The first-order valence-electron chi connectivity index (χ1n) is 10.1. The van der Waals surface area contributed by atoms with E-state index in [0.717, 1.165) is 6.07 Å². The summed E-state index contributed by atoms with van der Waals surface area (Å²) < 4.78 is 20.0. The second-order valence-corrected chi connectivity index (χ2v) is 7.52. The molecule has 1 aliphatic heterocycles. The summed E-state index contributed by atoms with van der Waals surface area (Å²) >= 11 is 0. The Morgan fingerprint density at radius 3 is 2.84 bits per heavy atom. The molecule has 0 bridgehead atoms. The van der Waals surface area contributed by atoms with Crippen LogP contribution in [0.25, 0.3) is 0 Å². The number of amides is 2. The molecular weight excluding hydrogens is 405 g/mol. The van der Waals surface area contributed by atoms with Crippen LogP contribution in [0.2, 0.25) is 0 Å². The van der Waals surface area contributed by atoms with Crippen LogP contribution < -0.4 is 15.0 Å². The minimum absolute atomic E-state index is 0.0625. The fourth-order valence-corrected chi connectivity index (χ4v) is 3.64. The molecule has 2 amide bonds. The first kappa shape index (κ1) is 22.3. The smallest absolute Gasteiger partial charge is 0.404 e. The Bertz CT molecular complexity index is 955. The summed E-state index contributed by atoms with van der Waals surface area (Å²) in [5.74, 6) is 0.0933. The summed E-state index contributed by atoms with van der Waals surface area (Å²) in [7, 11) is 0. The average molecular weight is 431 g/mol. The number of carbonyl (C=O) groups excluding carboxylic acids is 1. The number of benzene rings is 1. The molecule has 2 N–H and O–H groups in total. The molecule has 0 spiro atoms. The molecule has 2 aromatic rings. The molecule has 31 heavy (non-hydrogen) atoms. The van der Waals surface area contributed by atoms with E-state index < -0.39 is 11.9 Å². The largest absolute Gasteiger partial charge is 0.465 e. The molecular formula is C21H26FN5O4. The Kier molecular flexibility index (Phi) is 6.88. The molecule has 0 aliphatic carbocycles. The van der Waals surface area contributed by atoms with Crippen LogP contribution in [0, 0.1) is 5.82 Å². The molecule has 1 aromatic carbocycles. The van der Waals surface area contributed by atoms with E-state index in [4.69, 9.17) is 9.84 Å². The van der Waals surface area contributed by atoms with Gasteiger partial charge in [-0.3, -0.25) is 4.79 Å². The van der Waals surface area contributed by atoms with Gasteiger partial charge in [0.05, 0.1) is 17.8 Å². The molecule has 9 nitrogen and oxygen atoms in total. The third-order valence-electron chi connectivity index (χ3n) is 5.09. The van der Waals surface area contributed by atoms with Crippen molar-refractivity contribution in [3.05, 3.63) is 42.1 Å². The second kappa shape index (κ2) is 9.59. The average Bonchev–Trinajstić information content (AvgIpc) is 3.17. The van der Waals surface area contributed by atoms with Gasteiger partial charge in [0.2, 0.25) is 0 Å². The lowest BCUT2D eigenvalue weighted by atomic mass is 10.1. The highest BCUT2D eigenvalue weighted by Crippen LogP contribution is 2.34. The monoisotopic (exact) mass is 431 g/mol. The second-order valence-electron chi connectivity index (χ2n) is 7.52. The van der Waals surface area contributed by atoms with Crippen LogP contribution >= 0.6 is 0 Å². The van der Waals surface area contributed by atoms with E-state index in [-0.39, 0.29) is 29.3 Å². The molecule has 2 heterocycles. The Balaban J connectivity index is 1.89. The van der Waals surface area contributed by atoms with Gasteiger partial charge in [-0.15, -0.1) is 0 Å². The SMILES string of the molecule is CCN(C(=O)c1cc(F)ccc1Oc1cncnc1N1CC[C@H](NC(=O)O)C1)C(C)C. The first-order valence-corrected chi connectivity index (χ1v) is 10.1. The van der Waals surface area contributed by atoms with Crippen LogP contribution in [0.15, 0.2) is 30.7 Å². The van der Waals surface area contributed by atoms with E-state index >= 15 is 0 Å². The highest BCUT2D eigenvalue weighted by Gasteiger charge is 2.28. The van der Waals surface area contributed by atoms with Crippen molar-refractivity contribution in [3.63, 3.8) is 0 Å². The van der Waals surface area contributed by atoms with Gasteiger partial charge in [-0.2, -0.15) is 0 Å². The van der Waals surface area contributed by atoms with E-state index in [1.807, 2.05) is 25.7 Å². The standard InChI is InChI=1S/C21H26FN5O4/c1-4-27(13(2)3)20(28)16-9-14(22)5-6-17(16)31-18-10-23-12-24-19(18)26-8-7-15(11-26)25-21(29)30/h5-6,9-10,12-13,15,25H,4,7-8,11H2,1-3H3,(H,29,30)/t15-/m0/s1. The van der Waals surface area contributed by atoms with Crippen molar-refractivity contribution in [3.8, 4) is 11.5 Å². The summed E-state index contributed by atoms with van der Waals surface area (Å²) in [5.41, 5.74) is 0.109. The number of carboxylic acid groups (broad SMARTS) is 1. The van der Waals surface area contributed by atoms with E-state index in [1.54, 1.807) is 4.90 Å². The minimum Gasteiger partial charge on any atom is -0.465 e. The lowest BCUT2D eigenvalue weighted by Crippen LogP contribution is -2.37. The number of anilines is 1. The number of ether oxygens (including phenoxy) is 1. The zero-order valence-electron chi connectivity index (χ0n) is 17.7. The lowest BCUT2D eigenvalue weighted by Gasteiger charge is -2.26. The number of halogens is 1. The van der Waals surface area contributed by atoms with Crippen molar-refractivity contribution in [1.82, 2.24) is 20.2 Å². The van der Waals surface area contributed by atoms with Gasteiger partial charge < -0.3 is 25.0 Å². The van der Waals surface area contributed by atoms with Gasteiger partial charge in [-0.05, 0) is 45.4 Å². The number of hydrogen-bond acceptors (Lipinski definition) is 6. The van der Waals surface area contributed by atoms with Crippen molar-refractivity contribution >= 4 is 17.8 Å². The quantitative estimate of drug-likeness (QED) is 0.693. The van der Waals surface area contributed by atoms with E-state index in [9.17, 15) is 14.0 Å². The topological polar surface area (TPSA) is 108 Å². The molecule has 1 aliphatic rings. The van der Waals surface area contributed by atoms with E-state index in [2.05, 4.69) is 15.3 Å². The van der Waals surface area contributed by atoms with E-state index in [1.165, 1.54) is 24.7 Å². The van der Waals surface area contributed by atoms with Crippen LogP contribution in [0.3, 0.4) is 0 Å². The maximum atomic E-state index is 14.0. The van der Waals surface area contributed by atoms with Gasteiger partial charge >= 0.3 is 6.09 Å². The predicted octanol–water partition coefficient (Wildman–Crippen LogP) is 3.12. The molecule has 1 aromatic heterocycles. The molecule has 1 saturated heterocycles. The van der Waals surface area contributed by atoms with Gasteiger partial charge in [0, 0.05) is 25.7 Å². The Labute approximate surface area is 179 Å². The van der Waals surface area contributed by atoms with Gasteiger partial charge in [-0.25, -0.2) is 19.2 Å². The molecule has 1 atom stereocenters. The molecule has 0 unspecified atom stereocenters. The van der Waals surface area contributed by atoms with Gasteiger partial charge in [0.1, 0.15) is 17.9 Å². The van der Waals surface area contributed by atoms with Crippen LogP contribution in [0.1, 0.15) is 37.6 Å². The molecule has 166 valence electrons. The number of carbonyl (C=O) groups is 2. The fourth-order valence-electron chi connectivity index (χ4n) is 3.64. The normalized spacial score (nSPS) is 15.8. The van der Waals surface area contributed by atoms with Crippen LogP contribution in [0.4, 0.5) is 15.0 Å². The summed E-state index contributed by atoms with van der Waals surface area (Å²) in [5, 5.41) is 11.4. The molecule has 0 radical (unpaired) electrons. The number of nitrogens with one attached hydrogen (secondary N) is 1. The zero-order valence-corrected chi connectivity index (χ0v) is 17.7. The minimum atomic E-state index is -1.08. The van der Waals surface area contributed by atoms with Crippen molar-refractivity contribution in [2.45, 2.75) is 39.3 Å². The molecule has 0 saturated carbocycles. The third kappa shape index (κ3) is 5.19. The van der Waals surface area contributed by atoms with Gasteiger partial charge in [0.15, 0.2) is 11.6 Å². The first-order chi connectivity index (χ1) is 14.8. The highest BCUT2D eigenvalue weighted by atomic mass is 19.1. The van der Waals surface area contributed by atoms with Gasteiger partial charge in [-0.1, -0.05) is 0 Å². The van der Waals surface area contributed by atoms with Crippen LogP contribution in [-0.4, -0.2) is 63.7 Å². The lowest BCUT2D eigenvalue weighted by molar-refractivity contribution is 0.0713. The van der Waals surface area contributed by atoms with Crippen molar-refractivity contribution in [1.29, 1.82) is 0 Å². The molecule has 3 rings (SSSR count). The predicted molar refractivity (Wildman–Crippen MR) is 112 cm³/mol. The summed E-state index contributed by atoms with van der Waals surface area (Å²) in [6.07, 6.45) is 2.38. The fraction of sp³-hybridized carbons (Fsp3) is 0.429. The van der Waals surface area contributed by atoms with Crippen molar-refractivity contribution < 1.29 is 23.8 Å². The van der Waals surface area contributed by atoms with Gasteiger partial charge in [0.25, 0.3) is 5.91 Å². The summed E-state index contributed by atoms with van der Waals surface area (Å²) in [4.78, 5) is 35.8. The number of nitrogens with zero attached hydrogens (tertiary/aromatic N) is 4.